The second-order valence-corrected chi connectivity index (χ2v) is 8.84. The van der Waals surface area contributed by atoms with E-state index in [9.17, 15) is 9.90 Å². The lowest BCUT2D eigenvalue weighted by atomic mass is 9.94. The molecule has 0 spiro atoms. The van der Waals surface area contributed by atoms with E-state index < -0.39 is 0 Å². The average Bonchev–Trinajstić information content (AvgIpc) is 2.78. The Bertz CT molecular complexity index is 726. The van der Waals surface area contributed by atoms with Crippen LogP contribution in [0.2, 0.25) is 0 Å². The molecule has 3 rings (SSSR count). The second kappa shape index (κ2) is 11.6. The molecule has 1 fully saturated rings. The summed E-state index contributed by atoms with van der Waals surface area (Å²) in [6.07, 6.45) is 5.42. The van der Waals surface area contributed by atoms with Crippen LogP contribution in [0.5, 0.6) is 11.5 Å². The molecule has 1 amide bonds. The molecule has 0 saturated carbocycles. The van der Waals surface area contributed by atoms with Gasteiger partial charge < -0.3 is 30.1 Å². The maximum Gasteiger partial charge on any atom is 0.255 e. The lowest BCUT2D eigenvalue weighted by Gasteiger charge is -2.34. The molecule has 7 heteroatoms. The Morgan fingerprint density at radius 1 is 1.23 bits per heavy atom. The highest BCUT2D eigenvalue weighted by Crippen LogP contribution is 2.42. The Morgan fingerprint density at radius 3 is 2.58 bits per heavy atom. The third kappa shape index (κ3) is 6.04. The van der Waals surface area contributed by atoms with Crippen LogP contribution in [0.4, 0.5) is 5.69 Å². The standard InChI is InChI=1S/C24H39N3O4/c1-4-5-19(8-11-28)16-27-9-6-18(7-10-27)15-26-24(29)20-14-17(2)21(25-3)23-22(20)30-12-13-31-23/h14,18-19,25,28H,4-13,15-16H2,1-3H3,(H,26,29). The Morgan fingerprint density at radius 2 is 1.94 bits per heavy atom. The van der Waals surface area contributed by atoms with Gasteiger partial charge in [0.15, 0.2) is 11.5 Å². The van der Waals surface area contributed by atoms with E-state index in [0.717, 1.165) is 50.1 Å². The van der Waals surface area contributed by atoms with Gasteiger partial charge in [-0.3, -0.25) is 4.79 Å². The van der Waals surface area contributed by atoms with Gasteiger partial charge in [0, 0.05) is 26.7 Å². The van der Waals surface area contributed by atoms with Crippen molar-refractivity contribution in [1.29, 1.82) is 0 Å². The summed E-state index contributed by atoms with van der Waals surface area (Å²) in [5.74, 6) is 2.16. The largest absolute Gasteiger partial charge is 0.485 e. The molecular weight excluding hydrogens is 394 g/mol. The van der Waals surface area contributed by atoms with E-state index >= 15 is 0 Å². The minimum atomic E-state index is -0.0964. The van der Waals surface area contributed by atoms with Crippen molar-refractivity contribution in [3.05, 3.63) is 17.2 Å². The molecule has 0 bridgehead atoms. The molecule has 1 aromatic carbocycles. The summed E-state index contributed by atoms with van der Waals surface area (Å²) >= 11 is 0. The number of amides is 1. The number of nitrogens with zero attached hydrogens (tertiary/aromatic N) is 1. The number of aliphatic hydroxyl groups excluding tert-OH is 1. The maximum atomic E-state index is 13.0. The van der Waals surface area contributed by atoms with E-state index in [-0.39, 0.29) is 12.5 Å². The number of hydrogen-bond acceptors (Lipinski definition) is 6. The zero-order valence-electron chi connectivity index (χ0n) is 19.3. The van der Waals surface area contributed by atoms with Crippen LogP contribution in [0.1, 0.15) is 54.9 Å². The molecular formula is C24H39N3O4. The number of carbonyl (C=O) groups excluding carboxylic acids is 1. The van der Waals surface area contributed by atoms with Gasteiger partial charge in [0.1, 0.15) is 13.2 Å². The van der Waals surface area contributed by atoms with Gasteiger partial charge >= 0.3 is 0 Å². The molecule has 1 saturated heterocycles. The molecule has 0 aliphatic carbocycles. The number of aliphatic hydroxyl groups is 1. The maximum absolute atomic E-state index is 13.0. The molecule has 2 aliphatic rings. The number of benzene rings is 1. The van der Waals surface area contributed by atoms with E-state index in [2.05, 4.69) is 22.5 Å². The van der Waals surface area contributed by atoms with Crippen LogP contribution < -0.4 is 20.1 Å². The first kappa shape index (κ1) is 23.7. The van der Waals surface area contributed by atoms with E-state index in [4.69, 9.17) is 9.47 Å². The van der Waals surface area contributed by atoms with Crippen LogP contribution in [0.25, 0.3) is 0 Å². The van der Waals surface area contributed by atoms with Crippen LogP contribution >= 0.6 is 0 Å². The number of likely N-dealkylation sites (tertiary alicyclic amines) is 1. The smallest absolute Gasteiger partial charge is 0.255 e. The van der Waals surface area contributed by atoms with Crippen molar-refractivity contribution >= 4 is 11.6 Å². The van der Waals surface area contributed by atoms with Gasteiger partial charge in [0.2, 0.25) is 0 Å². The summed E-state index contributed by atoms with van der Waals surface area (Å²) in [7, 11) is 1.85. The Hall–Kier alpha value is -1.99. The summed E-state index contributed by atoms with van der Waals surface area (Å²) in [5.41, 5.74) is 2.39. The van der Waals surface area contributed by atoms with Crippen LogP contribution in [-0.2, 0) is 0 Å². The lowest BCUT2D eigenvalue weighted by Crippen LogP contribution is -2.40. The van der Waals surface area contributed by atoms with Crippen molar-refractivity contribution in [3.63, 3.8) is 0 Å². The van der Waals surface area contributed by atoms with Gasteiger partial charge in [0.05, 0.1) is 11.3 Å². The van der Waals surface area contributed by atoms with E-state index in [1.807, 2.05) is 20.0 Å². The van der Waals surface area contributed by atoms with E-state index in [1.165, 1.54) is 12.8 Å². The van der Waals surface area contributed by atoms with Crippen molar-refractivity contribution in [2.45, 2.75) is 46.0 Å². The predicted octanol–water partition coefficient (Wildman–Crippen LogP) is 3.05. The zero-order chi connectivity index (χ0) is 22.2. The normalized spacial score (nSPS) is 17.9. The van der Waals surface area contributed by atoms with Crippen LogP contribution in [0.15, 0.2) is 6.07 Å². The number of fused-ring (bicyclic) bond motifs is 1. The molecule has 2 aliphatic heterocycles. The van der Waals surface area contributed by atoms with Gasteiger partial charge in [0.25, 0.3) is 5.91 Å². The third-order valence-electron chi connectivity index (χ3n) is 6.51. The monoisotopic (exact) mass is 433 g/mol. The molecule has 0 radical (unpaired) electrons. The van der Waals surface area contributed by atoms with Gasteiger partial charge in [-0.15, -0.1) is 0 Å². The van der Waals surface area contributed by atoms with Crippen molar-refractivity contribution in [2.24, 2.45) is 11.8 Å². The zero-order valence-corrected chi connectivity index (χ0v) is 19.3. The SMILES string of the molecule is CCCC(CCO)CN1CCC(CNC(=O)c2cc(C)c(NC)c3c2OCCO3)CC1. The Balaban J connectivity index is 1.53. The molecule has 174 valence electrons. The van der Waals surface area contributed by atoms with Crippen LogP contribution in [0, 0.1) is 18.8 Å². The highest BCUT2D eigenvalue weighted by atomic mass is 16.6. The van der Waals surface area contributed by atoms with Crippen molar-refractivity contribution < 1.29 is 19.4 Å². The number of hydrogen-bond donors (Lipinski definition) is 3. The van der Waals surface area contributed by atoms with Gasteiger partial charge in [-0.2, -0.15) is 0 Å². The minimum absolute atomic E-state index is 0.0964. The molecule has 0 aromatic heterocycles. The predicted molar refractivity (Wildman–Crippen MR) is 123 cm³/mol. The Kier molecular flexibility index (Phi) is 8.84. The third-order valence-corrected chi connectivity index (χ3v) is 6.51. The summed E-state index contributed by atoms with van der Waals surface area (Å²) in [5, 5.41) is 15.6. The first-order valence-electron chi connectivity index (χ1n) is 11.8. The van der Waals surface area contributed by atoms with Crippen molar-refractivity contribution in [2.75, 3.05) is 58.4 Å². The van der Waals surface area contributed by atoms with Gasteiger partial charge in [-0.25, -0.2) is 0 Å². The van der Waals surface area contributed by atoms with Crippen LogP contribution in [0.3, 0.4) is 0 Å². The summed E-state index contributed by atoms with van der Waals surface area (Å²) in [6.45, 7) is 9.29. The quantitative estimate of drug-likeness (QED) is 0.526. The number of rotatable bonds is 10. The number of nitrogens with one attached hydrogen (secondary N) is 2. The summed E-state index contributed by atoms with van der Waals surface area (Å²) < 4.78 is 11.6. The van der Waals surface area contributed by atoms with Crippen LogP contribution in [-0.4, -0.2) is 69.0 Å². The molecule has 31 heavy (non-hydrogen) atoms. The van der Waals surface area contributed by atoms with E-state index in [1.54, 1.807) is 0 Å². The number of anilines is 1. The van der Waals surface area contributed by atoms with E-state index in [0.29, 0.717) is 48.7 Å². The first-order valence-corrected chi connectivity index (χ1v) is 11.8. The van der Waals surface area contributed by atoms with Crippen molar-refractivity contribution in [1.82, 2.24) is 10.2 Å². The number of aryl methyl sites for hydroxylation is 1. The first-order chi connectivity index (χ1) is 15.1. The fourth-order valence-electron chi connectivity index (χ4n) is 4.81. The number of piperidine rings is 1. The molecule has 1 aromatic rings. The van der Waals surface area contributed by atoms with Gasteiger partial charge in [-0.05, 0) is 69.2 Å². The number of carbonyl (C=O) groups is 1. The van der Waals surface area contributed by atoms with Gasteiger partial charge in [-0.1, -0.05) is 13.3 Å². The molecule has 7 nitrogen and oxygen atoms in total. The molecule has 1 unspecified atom stereocenters. The molecule has 1 atom stereocenters. The topological polar surface area (TPSA) is 83.1 Å². The lowest BCUT2D eigenvalue weighted by molar-refractivity contribution is 0.0920. The number of ether oxygens (including phenoxy) is 2. The fourth-order valence-corrected chi connectivity index (χ4v) is 4.81. The second-order valence-electron chi connectivity index (χ2n) is 8.84. The summed E-state index contributed by atoms with van der Waals surface area (Å²) in [4.78, 5) is 15.5. The Labute approximate surface area is 186 Å². The fraction of sp³-hybridized carbons (Fsp3) is 0.708. The minimum Gasteiger partial charge on any atom is -0.485 e. The highest BCUT2D eigenvalue weighted by Gasteiger charge is 2.27. The summed E-state index contributed by atoms with van der Waals surface area (Å²) in [6, 6.07) is 1.88. The average molecular weight is 434 g/mol. The van der Waals surface area contributed by atoms with Crippen molar-refractivity contribution in [3.8, 4) is 11.5 Å². The molecule has 2 heterocycles. The highest BCUT2D eigenvalue weighted by molar-refractivity contribution is 5.99. The molecule has 3 N–H and O–H groups in total.